The number of aryl methyl sites for hydroxylation is 1. The molecule has 0 fully saturated rings. The lowest BCUT2D eigenvalue weighted by molar-refractivity contribution is 0.0600. The zero-order chi connectivity index (χ0) is 18.2. The summed E-state index contributed by atoms with van der Waals surface area (Å²) < 4.78 is 32.8. The number of esters is 1. The fraction of sp³-hybridized carbons (Fsp3) is 0.278. The first-order valence-corrected chi connectivity index (χ1v) is 9.29. The Bertz CT molecular complexity index is 923. The van der Waals surface area contributed by atoms with Crippen molar-refractivity contribution >= 4 is 16.0 Å². The predicted octanol–water partition coefficient (Wildman–Crippen LogP) is 1.72. The Labute approximate surface area is 146 Å². The van der Waals surface area contributed by atoms with Crippen LogP contribution in [-0.4, -0.2) is 32.7 Å². The van der Waals surface area contributed by atoms with E-state index in [0.717, 1.165) is 11.1 Å². The first kappa shape index (κ1) is 17.6. The standard InChI is InChI=1S/C18H19NO5S/c1-11-9-13(18(21)24-2)7-8-16(11)25(22,23)19-17-14-6-4-3-5-12(14)10-15(17)20/h3-9,15,17,19-20H,10H2,1-2H3/t15-,17-/m0/s1. The predicted molar refractivity (Wildman–Crippen MR) is 91.7 cm³/mol. The van der Waals surface area contributed by atoms with Crippen LogP contribution in [0.2, 0.25) is 0 Å². The minimum absolute atomic E-state index is 0.0664. The molecule has 7 heteroatoms. The van der Waals surface area contributed by atoms with Crippen molar-refractivity contribution in [3.8, 4) is 0 Å². The molecule has 3 rings (SSSR count). The Morgan fingerprint density at radius 2 is 1.96 bits per heavy atom. The maximum Gasteiger partial charge on any atom is 0.337 e. The third kappa shape index (κ3) is 3.30. The van der Waals surface area contributed by atoms with Crippen molar-refractivity contribution in [3.63, 3.8) is 0 Å². The van der Waals surface area contributed by atoms with E-state index in [1.807, 2.05) is 24.3 Å². The Morgan fingerprint density at radius 3 is 2.64 bits per heavy atom. The second-order valence-electron chi connectivity index (χ2n) is 6.04. The molecule has 2 N–H and O–H groups in total. The molecule has 0 heterocycles. The number of rotatable bonds is 4. The lowest BCUT2D eigenvalue weighted by Crippen LogP contribution is -2.34. The number of fused-ring (bicyclic) bond motifs is 1. The lowest BCUT2D eigenvalue weighted by atomic mass is 10.1. The fourth-order valence-electron chi connectivity index (χ4n) is 3.14. The van der Waals surface area contributed by atoms with Gasteiger partial charge in [-0.15, -0.1) is 0 Å². The highest BCUT2D eigenvalue weighted by molar-refractivity contribution is 7.89. The van der Waals surface area contributed by atoms with Crippen LogP contribution < -0.4 is 4.72 Å². The largest absolute Gasteiger partial charge is 0.465 e. The summed E-state index contributed by atoms with van der Waals surface area (Å²) in [5.41, 5.74) is 2.42. The van der Waals surface area contributed by atoms with Gasteiger partial charge in [-0.3, -0.25) is 0 Å². The van der Waals surface area contributed by atoms with E-state index in [9.17, 15) is 18.3 Å². The molecule has 1 aliphatic rings. The van der Waals surface area contributed by atoms with Gasteiger partial charge in [0, 0.05) is 6.42 Å². The third-order valence-electron chi connectivity index (χ3n) is 4.37. The van der Waals surface area contributed by atoms with E-state index in [-0.39, 0.29) is 10.5 Å². The molecule has 1 aliphatic carbocycles. The van der Waals surface area contributed by atoms with Gasteiger partial charge < -0.3 is 9.84 Å². The van der Waals surface area contributed by atoms with Crippen molar-refractivity contribution in [2.75, 3.05) is 7.11 Å². The van der Waals surface area contributed by atoms with Crippen molar-refractivity contribution < 1.29 is 23.1 Å². The van der Waals surface area contributed by atoms with E-state index in [1.54, 1.807) is 6.92 Å². The Balaban J connectivity index is 1.92. The van der Waals surface area contributed by atoms with Crippen molar-refractivity contribution in [2.45, 2.75) is 30.4 Å². The Hall–Kier alpha value is -2.22. The second kappa shape index (κ2) is 6.59. The molecule has 6 nitrogen and oxygen atoms in total. The molecule has 0 aliphatic heterocycles. The number of hydrogen-bond donors (Lipinski definition) is 2. The molecule has 0 bridgehead atoms. The van der Waals surface area contributed by atoms with Crippen LogP contribution in [0, 0.1) is 6.92 Å². The molecule has 2 aromatic carbocycles. The van der Waals surface area contributed by atoms with Gasteiger partial charge in [0.2, 0.25) is 10.0 Å². The Kier molecular flexibility index (Phi) is 4.64. The summed E-state index contributed by atoms with van der Waals surface area (Å²) in [6.45, 7) is 1.61. The van der Waals surface area contributed by atoms with Crippen LogP contribution in [0.25, 0.3) is 0 Å². The summed E-state index contributed by atoms with van der Waals surface area (Å²) in [5.74, 6) is -0.528. The number of carbonyl (C=O) groups is 1. The van der Waals surface area contributed by atoms with Gasteiger partial charge in [-0.2, -0.15) is 0 Å². The molecule has 0 radical (unpaired) electrons. The minimum atomic E-state index is -3.86. The number of nitrogens with one attached hydrogen (secondary N) is 1. The molecule has 25 heavy (non-hydrogen) atoms. The molecule has 132 valence electrons. The minimum Gasteiger partial charge on any atom is -0.465 e. The van der Waals surface area contributed by atoms with E-state index < -0.39 is 28.1 Å². The summed E-state index contributed by atoms with van der Waals surface area (Å²) in [4.78, 5) is 11.6. The van der Waals surface area contributed by atoms with Crippen molar-refractivity contribution in [3.05, 3.63) is 64.7 Å². The van der Waals surface area contributed by atoms with E-state index in [4.69, 9.17) is 0 Å². The molecule has 2 aromatic rings. The zero-order valence-corrected chi connectivity index (χ0v) is 14.7. The second-order valence-corrected chi connectivity index (χ2v) is 7.72. The van der Waals surface area contributed by atoms with E-state index in [2.05, 4.69) is 9.46 Å². The first-order chi connectivity index (χ1) is 11.8. The van der Waals surface area contributed by atoms with Gasteiger partial charge in [0.1, 0.15) is 0 Å². The van der Waals surface area contributed by atoms with Crippen molar-refractivity contribution in [1.29, 1.82) is 0 Å². The van der Waals surface area contributed by atoms with Gasteiger partial charge in [-0.05, 0) is 41.8 Å². The molecule has 0 spiro atoms. The summed E-state index contributed by atoms with van der Waals surface area (Å²) in [6.07, 6.45) is -0.411. The van der Waals surface area contributed by atoms with Gasteiger partial charge in [-0.25, -0.2) is 17.9 Å². The molecular formula is C18H19NO5S. The summed E-state index contributed by atoms with van der Waals surface area (Å²) in [5, 5.41) is 10.3. The van der Waals surface area contributed by atoms with Crippen LogP contribution in [0.15, 0.2) is 47.4 Å². The number of ether oxygens (including phenoxy) is 1. The number of benzene rings is 2. The van der Waals surface area contributed by atoms with Gasteiger partial charge in [0.15, 0.2) is 0 Å². The van der Waals surface area contributed by atoms with Gasteiger partial charge >= 0.3 is 5.97 Å². The van der Waals surface area contributed by atoms with Gasteiger partial charge in [0.25, 0.3) is 0 Å². The van der Waals surface area contributed by atoms with E-state index in [0.29, 0.717) is 12.0 Å². The monoisotopic (exact) mass is 361 g/mol. The highest BCUT2D eigenvalue weighted by Crippen LogP contribution is 2.32. The van der Waals surface area contributed by atoms with Crippen molar-refractivity contribution in [2.24, 2.45) is 0 Å². The lowest BCUT2D eigenvalue weighted by Gasteiger charge is -2.19. The third-order valence-corrected chi connectivity index (χ3v) is 5.97. The van der Waals surface area contributed by atoms with E-state index in [1.165, 1.54) is 25.3 Å². The van der Waals surface area contributed by atoms with E-state index >= 15 is 0 Å². The number of hydrogen-bond acceptors (Lipinski definition) is 5. The number of sulfonamides is 1. The zero-order valence-electron chi connectivity index (χ0n) is 13.9. The van der Waals surface area contributed by atoms with Crippen molar-refractivity contribution in [1.82, 2.24) is 4.72 Å². The number of methoxy groups -OCH3 is 1. The molecule has 0 saturated carbocycles. The van der Waals surface area contributed by atoms with Crippen LogP contribution in [0.4, 0.5) is 0 Å². The smallest absolute Gasteiger partial charge is 0.337 e. The quantitative estimate of drug-likeness (QED) is 0.809. The number of aliphatic hydroxyl groups is 1. The first-order valence-electron chi connectivity index (χ1n) is 7.80. The maximum atomic E-state index is 12.8. The Morgan fingerprint density at radius 1 is 1.24 bits per heavy atom. The van der Waals surface area contributed by atoms with Crippen LogP contribution in [-0.2, 0) is 21.2 Å². The normalized spacial score (nSPS) is 19.5. The summed E-state index contributed by atoms with van der Waals surface area (Å²) in [7, 11) is -2.59. The molecule has 0 amide bonds. The maximum absolute atomic E-state index is 12.8. The van der Waals surface area contributed by atoms with Gasteiger partial charge in [0.05, 0.1) is 29.7 Å². The number of aliphatic hydroxyl groups excluding tert-OH is 1. The summed E-state index contributed by atoms with van der Waals surface area (Å²) in [6, 6.07) is 10.9. The summed E-state index contributed by atoms with van der Waals surface area (Å²) >= 11 is 0. The highest BCUT2D eigenvalue weighted by atomic mass is 32.2. The topological polar surface area (TPSA) is 92.7 Å². The van der Waals surface area contributed by atoms with Crippen LogP contribution in [0.1, 0.15) is 33.1 Å². The molecule has 0 unspecified atom stereocenters. The average Bonchev–Trinajstić information content (AvgIpc) is 2.89. The average molecular weight is 361 g/mol. The molecular weight excluding hydrogens is 342 g/mol. The molecule has 0 saturated heterocycles. The fourth-order valence-corrected chi connectivity index (χ4v) is 4.62. The van der Waals surface area contributed by atoms with Crippen LogP contribution >= 0.6 is 0 Å². The highest BCUT2D eigenvalue weighted by Gasteiger charge is 2.34. The SMILES string of the molecule is COC(=O)c1ccc(S(=O)(=O)N[C@H]2c3ccccc3C[C@@H]2O)c(C)c1. The number of carbonyl (C=O) groups excluding carboxylic acids is 1. The molecule has 0 aromatic heterocycles. The van der Waals surface area contributed by atoms with Crippen LogP contribution in [0.3, 0.4) is 0 Å². The van der Waals surface area contributed by atoms with Gasteiger partial charge in [-0.1, -0.05) is 24.3 Å². The molecule has 2 atom stereocenters. The van der Waals surface area contributed by atoms with Crippen LogP contribution in [0.5, 0.6) is 0 Å².